The van der Waals surface area contributed by atoms with Crippen LogP contribution in [0.25, 0.3) is 6.08 Å². The summed E-state index contributed by atoms with van der Waals surface area (Å²) < 4.78 is 0. The van der Waals surface area contributed by atoms with E-state index >= 15 is 0 Å². The second kappa shape index (κ2) is 7.11. The first-order valence-electron chi connectivity index (χ1n) is 7.11. The molecule has 0 unspecified atom stereocenters. The molecule has 0 aliphatic heterocycles. The number of nitrogens with one attached hydrogen (secondary N) is 2. The van der Waals surface area contributed by atoms with E-state index in [1.54, 1.807) is 19.9 Å². The van der Waals surface area contributed by atoms with Crippen LogP contribution in [0.3, 0.4) is 0 Å². The summed E-state index contributed by atoms with van der Waals surface area (Å²) in [7, 11) is 0. The third-order valence-corrected chi connectivity index (χ3v) is 3.53. The molecule has 0 bridgehead atoms. The summed E-state index contributed by atoms with van der Waals surface area (Å²) in [4.78, 5) is 40.9. The minimum Gasteiger partial charge on any atom is -0.304 e. The number of carbonyl (C=O) groups excluding carboxylic acids is 1. The van der Waals surface area contributed by atoms with E-state index in [-0.39, 0.29) is 22.7 Å². The van der Waals surface area contributed by atoms with Gasteiger partial charge in [-0.1, -0.05) is 25.4 Å². The predicted molar refractivity (Wildman–Crippen MR) is 91.3 cm³/mol. The van der Waals surface area contributed by atoms with E-state index in [4.69, 9.17) is 16.9 Å². The van der Waals surface area contributed by atoms with Crippen LogP contribution < -0.4 is 11.2 Å². The molecule has 0 spiro atoms. The SMILES string of the molecule is CC(C)c1c(C(=O)c2cc(Cl)cc(C=CC#N)c2)[nH]c(=O)[nH]c1=O. The zero-order valence-corrected chi connectivity index (χ0v) is 13.8. The third-order valence-electron chi connectivity index (χ3n) is 3.32. The number of benzene rings is 1. The summed E-state index contributed by atoms with van der Waals surface area (Å²) in [6.07, 6.45) is 2.77. The molecule has 1 heterocycles. The lowest BCUT2D eigenvalue weighted by Gasteiger charge is -2.10. The van der Waals surface area contributed by atoms with Crippen molar-refractivity contribution in [1.82, 2.24) is 9.97 Å². The number of hydrogen-bond donors (Lipinski definition) is 2. The summed E-state index contributed by atoms with van der Waals surface area (Å²) in [5.41, 5.74) is -0.429. The maximum atomic E-state index is 12.8. The van der Waals surface area contributed by atoms with E-state index < -0.39 is 17.0 Å². The van der Waals surface area contributed by atoms with E-state index in [9.17, 15) is 14.4 Å². The first-order chi connectivity index (χ1) is 11.3. The number of nitriles is 1. The minimum absolute atomic E-state index is 0.0590. The number of nitrogens with zero attached hydrogens (tertiary/aromatic N) is 1. The molecule has 7 heteroatoms. The Kier molecular flexibility index (Phi) is 5.17. The van der Waals surface area contributed by atoms with Gasteiger partial charge in [0.15, 0.2) is 0 Å². The Morgan fingerprint density at radius 1 is 1.25 bits per heavy atom. The fraction of sp³-hybridized carbons (Fsp3) is 0.176. The number of halogens is 1. The van der Waals surface area contributed by atoms with Crippen molar-refractivity contribution in [1.29, 1.82) is 5.26 Å². The number of carbonyl (C=O) groups is 1. The van der Waals surface area contributed by atoms with Gasteiger partial charge in [-0.15, -0.1) is 0 Å². The second-order valence-electron chi connectivity index (χ2n) is 5.42. The molecule has 2 rings (SSSR count). The molecule has 1 aromatic carbocycles. The van der Waals surface area contributed by atoms with E-state index in [1.807, 2.05) is 6.07 Å². The summed E-state index contributed by atoms with van der Waals surface area (Å²) in [6.45, 7) is 3.50. The van der Waals surface area contributed by atoms with Gasteiger partial charge in [0, 0.05) is 22.2 Å². The number of H-pyrrole nitrogens is 2. The highest BCUT2D eigenvalue weighted by Gasteiger charge is 2.21. The van der Waals surface area contributed by atoms with Gasteiger partial charge in [-0.2, -0.15) is 5.26 Å². The van der Waals surface area contributed by atoms with E-state index in [0.29, 0.717) is 10.6 Å². The average Bonchev–Trinajstić information content (AvgIpc) is 2.50. The zero-order valence-electron chi connectivity index (χ0n) is 13.0. The number of ketones is 1. The van der Waals surface area contributed by atoms with Crippen molar-refractivity contribution >= 4 is 23.5 Å². The Morgan fingerprint density at radius 3 is 2.58 bits per heavy atom. The predicted octanol–water partition coefficient (Wildman–Crippen LogP) is 2.61. The number of rotatable bonds is 4. The summed E-state index contributed by atoms with van der Waals surface area (Å²) in [5.74, 6) is -0.780. The van der Waals surface area contributed by atoms with Gasteiger partial charge in [-0.05, 0) is 35.8 Å². The molecule has 0 atom stereocenters. The molecule has 0 amide bonds. The monoisotopic (exact) mass is 343 g/mol. The van der Waals surface area contributed by atoms with Gasteiger partial charge in [-0.3, -0.25) is 14.6 Å². The van der Waals surface area contributed by atoms with E-state index in [1.165, 1.54) is 24.3 Å². The van der Waals surface area contributed by atoms with Crippen LogP contribution in [-0.2, 0) is 0 Å². The fourth-order valence-electron chi connectivity index (χ4n) is 2.34. The van der Waals surface area contributed by atoms with Crippen molar-refractivity contribution < 1.29 is 4.79 Å². The smallest absolute Gasteiger partial charge is 0.304 e. The molecule has 1 aromatic heterocycles. The van der Waals surface area contributed by atoms with Gasteiger partial charge in [0.2, 0.25) is 5.78 Å². The van der Waals surface area contributed by atoms with Crippen LogP contribution in [-0.4, -0.2) is 15.8 Å². The lowest BCUT2D eigenvalue weighted by Crippen LogP contribution is -2.30. The maximum Gasteiger partial charge on any atom is 0.326 e. The Morgan fingerprint density at radius 2 is 1.96 bits per heavy atom. The average molecular weight is 344 g/mol. The largest absolute Gasteiger partial charge is 0.326 e. The van der Waals surface area contributed by atoms with Crippen molar-refractivity contribution in [2.24, 2.45) is 0 Å². The number of aromatic amines is 2. The Labute approximate surface area is 142 Å². The molecule has 6 nitrogen and oxygen atoms in total. The first-order valence-corrected chi connectivity index (χ1v) is 7.49. The summed E-state index contributed by atoms with van der Waals surface area (Å²) >= 11 is 6.02. The molecule has 0 aliphatic carbocycles. The van der Waals surface area contributed by atoms with Gasteiger partial charge in [0.25, 0.3) is 5.56 Å². The van der Waals surface area contributed by atoms with Crippen molar-refractivity contribution in [3.63, 3.8) is 0 Å². The van der Waals surface area contributed by atoms with E-state index in [2.05, 4.69) is 9.97 Å². The van der Waals surface area contributed by atoms with Crippen molar-refractivity contribution in [3.05, 3.63) is 72.5 Å². The fourth-order valence-corrected chi connectivity index (χ4v) is 2.59. The van der Waals surface area contributed by atoms with Crippen LogP contribution in [0.15, 0.2) is 33.9 Å². The molecule has 0 fully saturated rings. The van der Waals surface area contributed by atoms with Crippen LogP contribution in [0.4, 0.5) is 0 Å². The standard InChI is InChI=1S/C17H14ClN3O3/c1-9(2)13-14(20-17(24)21-16(13)23)15(22)11-6-10(4-3-5-19)7-12(18)8-11/h3-4,6-9H,1-2H3,(H2,20,21,23,24). The molecule has 24 heavy (non-hydrogen) atoms. The van der Waals surface area contributed by atoms with Crippen LogP contribution in [0.2, 0.25) is 5.02 Å². The first kappa shape index (κ1) is 17.4. The molecule has 0 saturated carbocycles. The summed E-state index contributed by atoms with van der Waals surface area (Å²) in [5, 5.41) is 8.90. The highest BCUT2D eigenvalue weighted by Crippen LogP contribution is 2.21. The highest BCUT2D eigenvalue weighted by molar-refractivity contribution is 6.31. The molecule has 122 valence electrons. The lowest BCUT2D eigenvalue weighted by molar-refractivity contribution is 0.103. The number of allylic oxidation sites excluding steroid dienone is 1. The molecule has 2 N–H and O–H groups in total. The topological polar surface area (TPSA) is 107 Å². The third kappa shape index (κ3) is 3.70. The van der Waals surface area contributed by atoms with Crippen molar-refractivity contribution in [3.8, 4) is 6.07 Å². The van der Waals surface area contributed by atoms with Gasteiger partial charge in [0.1, 0.15) is 0 Å². The Bertz CT molecular complexity index is 978. The van der Waals surface area contributed by atoms with Gasteiger partial charge >= 0.3 is 5.69 Å². The molecule has 0 radical (unpaired) electrons. The van der Waals surface area contributed by atoms with Crippen molar-refractivity contribution in [2.75, 3.05) is 0 Å². The second-order valence-corrected chi connectivity index (χ2v) is 5.85. The van der Waals surface area contributed by atoms with E-state index in [0.717, 1.165) is 0 Å². The number of aromatic nitrogens is 2. The van der Waals surface area contributed by atoms with Crippen LogP contribution >= 0.6 is 11.6 Å². The summed E-state index contributed by atoms with van der Waals surface area (Å²) in [6, 6.07) is 6.42. The molecule has 0 aliphatic rings. The van der Waals surface area contributed by atoms with Gasteiger partial charge in [-0.25, -0.2) is 4.79 Å². The van der Waals surface area contributed by atoms with Gasteiger partial charge < -0.3 is 4.98 Å². The van der Waals surface area contributed by atoms with Crippen molar-refractivity contribution in [2.45, 2.75) is 19.8 Å². The Hall–Kier alpha value is -2.91. The Balaban J connectivity index is 2.64. The molecular formula is C17H14ClN3O3. The number of hydrogen-bond acceptors (Lipinski definition) is 4. The minimum atomic E-state index is -0.751. The zero-order chi connectivity index (χ0) is 17.9. The normalized spacial score (nSPS) is 11.0. The van der Waals surface area contributed by atoms with Gasteiger partial charge in [0.05, 0.1) is 11.8 Å². The van der Waals surface area contributed by atoms with Crippen LogP contribution in [0, 0.1) is 11.3 Å². The van der Waals surface area contributed by atoms with Crippen LogP contribution in [0.1, 0.15) is 46.9 Å². The maximum absolute atomic E-state index is 12.8. The lowest BCUT2D eigenvalue weighted by atomic mass is 9.96. The molecular weight excluding hydrogens is 330 g/mol. The quantitative estimate of drug-likeness (QED) is 0.657. The highest BCUT2D eigenvalue weighted by atomic mass is 35.5. The molecule has 2 aromatic rings. The molecule has 0 saturated heterocycles. The van der Waals surface area contributed by atoms with Crippen LogP contribution in [0.5, 0.6) is 0 Å².